The number of hydrogen-bond acceptors (Lipinski definition) is 5. The Morgan fingerprint density at radius 3 is 2.75 bits per heavy atom. The summed E-state index contributed by atoms with van der Waals surface area (Å²) in [5, 5.41) is 1.90. The zero-order chi connectivity index (χ0) is 18.0. The lowest BCUT2D eigenvalue weighted by atomic mass is 10.0. The summed E-state index contributed by atoms with van der Waals surface area (Å²) in [6.45, 7) is 0. The summed E-state index contributed by atoms with van der Waals surface area (Å²) in [6.07, 6.45) is -0.628. The summed E-state index contributed by atoms with van der Waals surface area (Å²) in [7, 11) is 0. The number of nitrogens with two attached hydrogens (primary N) is 1. The molecule has 1 aromatic rings. The van der Waals surface area contributed by atoms with Gasteiger partial charge in [0.2, 0.25) is 11.8 Å². The minimum Gasteiger partial charge on any atom is -0.398 e. The molecule has 3 N–H and O–H groups in total. The van der Waals surface area contributed by atoms with Crippen molar-refractivity contribution in [1.82, 2.24) is 10.2 Å². The topological polar surface area (TPSA) is 110 Å². The predicted octanol–water partition coefficient (Wildman–Crippen LogP) is -0.330. The van der Waals surface area contributed by atoms with Gasteiger partial charge in [0.25, 0.3) is 11.8 Å². The Kier molecular flexibility index (Phi) is 1.76. The van der Waals surface area contributed by atoms with Crippen LogP contribution >= 0.6 is 0 Å². The highest BCUT2D eigenvalue weighted by Gasteiger charge is 2.45. The number of amides is 4. The number of imide groups is 2. The van der Waals surface area contributed by atoms with Crippen LogP contribution < -0.4 is 11.1 Å². The van der Waals surface area contributed by atoms with Gasteiger partial charge in [0, 0.05) is 12.1 Å². The van der Waals surface area contributed by atoms with Crippen LogP contribution in [0.1, 0.15) is 39.0 Å². The number of rotatable bonds is 1. The van der Waals surface area contributed by atoms with Crippen molar-refractivity contribution in [2.45, 2.75) is 18.9 Å². The molecule has 1 saturated heterocycles. The highest BCUT2D eigenvalue weighted by atomic mass is 16.2. The van der Waals surface area contributed by atoms with Gasteiger partial charge in [-0.05, 0) is 18.5 Å². The molecule has 0 saturated carbocycles. The quantitative estimate of drug-likeness (QED) is 0.539. The molecule has 2 aliphatic rings. The van der Waals surface area contributed by atoms with E-state index in [1.54, 1.807) is 0 Å². The predicted molar refractivity (Wildman–Crippen MR) is 67.5 cm³/mol. The lowest BCUT2D eigenvalue weighted by molar-refractivity contribution is -0.136. The third-order valence-electron chi connectivity index (χ3n) is 3.11. The molecule has 1 aromatic carbocycles. The largest absolute Gasteiger partial charge is 0.398 e. The molecule has 0 bridgehead atoms. The molecule has 3 rings (SSSR count). The van der Waals surface area contributed by atoms with E-state index in [-0.39, 0.29) is 6.42 Å². The number of hydrogen-bond donors (Lipinski definition) is 2. The highest BCUT2D eigenvalue weighted by Crippen LogP contribution is 2.30. The van der Waals surface area contributed by atoms with Gasteiger partial charge in [-0.2, -0.15) is 0 Å². The van der Waals surface area contributed by atoms with Gasteiger partial charge in [0.1, 0.15) is 6.02 Å². The number of anilines is 1. The van der Waals surface area contributed by atoms with Crippen LogP contribution in [0.5, 0.6) is 0 Å². The van der Waals surface area contributed by atoms with Gasteiger partial charge in [-0.25, -0.2) is 0 Å². The summed E-state index contributed by atoms with van der Waals surface area (Å²) < 4.78 is 31.3. The second-order valence-electron chi connectivity index (χ2n) is 4.31. The maximum absolute atomic E-state index is 12.6. The zero-order valence-corrected chi connectivity index (χ0v) is 10.1. The Morgan fingerprint density at radius 2 is 2.05 bits per heavy atom. The van der Waals surface area contributed by atoms with E-state index in [0.717, 1.165) is 0 Å². The fourth-order valence-corrected chi connectivity index (χ4v) is 2.18. The molecule has 0 aliphatic carbocycles. The molecule has 2 aliphatic heterocycles. The summed E-state index contributed by atoms with van der Waals surface area (Å²) >= 11 is 0. The van der Waals surface area contributed by atoms with Crippen molar-refractivity contribution in [3.8, 4) is 0 Å². The van der Waals surface area contributed by atoms with Crippen molar-refractivity contribution in [2.24, 2.45) is 0 Å². The van der Waals surface area contributed by atoms with E-state index < -0.39 is 71.0 Å². The second kappa shape index (κ2) is 4.16. The van der Waals surface area contributed by atoms with Crippen molar-refractivity contribution in [3.63, 3.8) is 0 Å². The van der Waals surface area contributed by atoms with E-state index in [1.807, 2.05) is 5.32 Å². The zero-order valence-electron chi connectivity index (χ0n) is 14.1. The molecule has 0 spiro atoms. The Labute approximate surface area is 119 Å². The SMILES string of the molecule is [2H]c1c([2H])c(N)c2c(c1[2H])C(=O)N([C@@]1([2H])CCC(=O)NC1=O)C2=O. The Bertz CT molecular complexity index is 809. The van der Waals surface area contributed by atoms with Crippen LogP contribution in [0.15, 0.2) is 18.1 Å². The molecule has 0 unspecified atom stereocenters. The van der Waals surface area contributed by atoms with Crippen LogP contribution in [0, 0.1) is 0 Å². The van der Waals surface area contributed by atoms with Gasteiger partial charge in [-0.1, -0.05) is 6.04 Å². The molecule has 1 atom stereocenters. The smallest absolute Gasteiger partial charge is 0.264 e. The van der Waals surface area contributed by atoms with E-state index in [4.69, 9.17) is 11.2 Å². The first-order valence-electron chi connectivity index (χ1n) is 7.73. The van der Waals surface area contributed by atoms with Crippen molar-refractivity contribution >= 4 is 29.3 Å². The third kappa shape index (κ3) is 1.59. The number of nitrogens with zero attached hydrogens (tertiary/aromatic N) is 1. The van der Waals surface area contributed by atoms with Crippen molar-refractivity contribution in [2.75, 3.05) is 5.73 Å². The van der Waals surface area contributed by atoms with E-state index >= 15 is 0 Å². The van der Waals surface area contributed by atoms with Crippen LogP contribution in [-0.4, -0.2) is 34.5 Å². The molecule has 1 fully saturated rings. The van der Waals surface area contributed by atoms with Gasteiger partial charge in [-0.15, -0.1) is 0 Å². The summed E-state index contributed by atoms with van der Waals surface area (Å²) in [5.74, 6) is -3.95. The van der Waals surface area contributed by atoms with Crippen LogP contribution in [0.25, 0.3) is 0 Å². The number of benzene rings is 1. The van der Waals surface area contributed by atoms with Crippen molar-refractivity contribution in [3.05, 3.63) is 29.3 Å². The molecule has 2 heterocycles. The Morgan fingerprint density at radius 1 is 1.30 bits per heavy atom. The minimum atomic E-state index is -2.36. The number of nitrogens with one attached hydrogen (secondary N) is 1. The van der Waals surface area contributed by atoms with Crippen LogP contribution in [0.4, 0.5) is 5.69 Å². The first kappa shape index (κ1) is 8.47. The molecule has 20 heavy (non-hydrogen) atoms. The second-order valence-corrected chi connectivity index (χ2v) is 4.31. The van der Waals surface area contributed by atoms with Crippen LogP contribution in [0.3, 0.4) is 0 Å². The number of carbonyl (C=O) groups excluding carboxylic acids is 4. The standard InChI is InChI=1S/C13H11N3O4/c14-7-3-1-2-6-10(7)13(20)16(12(6)19)8-4-5-9(17)15-11(8)18/h1-3,8H,4-5,14H2,(H,15,17,18)/t8-/m0/s1/i1D,2D,3D,8D. The number of carbonyl (C=O) groups is 4. The first-order chi connectivity index (χ1) is 11.1. The van der Waals surface area contributed by atoms with E-state index in [9.17, 15) is 19.2 Å². The van der Waals surface area contributed by atoms with E-state index in [2.05, 4.69) is 0 Å². The van der Waals surface area contributed by atoms with E-state index in [1.165, 1.54) is 0 Å². The molecule has 7 heteroatoms. The maximum Gasteiger partial charge on any atom is 0.264 e. The van der Waals surface area contributed by atoms with Crippen molar-refractivity contribution < 1.29 is 24.7 Å². The maximum atomic E-state index is 12.6. The fraction of sp³-hybridized carbons (Fsp3) is 0.231. The normalized spacial score (nSPS) is 28.5. The number of fused-ring (bicyclic) bond motifs is 1. The average Bonchev–Trinajstić information content (AvgIpc) is 2.79. The molecular weight excluding hydrogens is 262 g/mol. The fourth-order valence-electron chi connectivity index (χ4n) is 2.18. The van der Waals surface area contributed by atoms with Gasteiger partial charge in [0.15, 0.2) is 0 Å². The molecule has 7 nitrogen and oxygen atoms in total. The molecular formula is C13H11N3O4. The lowest BCUT2D eigenvalue weighted by Gasteiger charge is -2.27. The third-order valence-corrected chi connectivity index (χ3v) is 3.11. The van der Waals surface area contributed by atoms with E-state index in [0.29, 0.717) is 4.90 Å². The summed E-state index contributed by atoms with van der Waals surface area (Å²) in [6, 6.07) is -4.23. The summed E-state index contributed by atoms with van der Waals surface area (Å²) in [4.78, 5) is 48.8. The average molecular weight is 277 g/mol. The van der Waals surface area contributed by atoms with Gasteiger partial charge in [0.05, 0.1) is 16.6 Å². The Balaban J connectivity index is 2.18. The summed E-state index contributed by atoms with van der Waals surface area (Å²) in [5.41, 5.74) is 4.22. The number of nitrogen functional groups attached to an aromatic ring is 1. The molecule has 4 amide bonds. The van der Waals surface area contributed by atoms with Crippen LogP contribution in [0.2, 0.25) is 0 Å². The van der Waals surface area contributed by atoms with Gasteiger partial charge in [-0.3, -0.25) is 29.4 Å². The molecule has 102 valence electrons. The molecule has 0 aromatic heterocycles. The molecule has 0 radical (unpaired) electrons. The van der Waals surface area contributed by atoms with Crippen molar-refractivity contribution in [1.29, 1.82) is 0 Å². The lowest BCUT2D eigenvalue weighted by Crippen LogP contribution is -2.54. The first-order valence-corrected chi connectivity index (χ1v) is 5.73. The number of piperidine rings is 1. The minimum absolute atomic E-state index is 0.237. The van der Waals surface area contributed by atoms with Gasteiger partial charge >= 0.3 is 0 Å². The van der Waals surface area contributed by atoms with Gasteiger partial charge < -0.3 is 5.73 Å². The highest BCUT2D eigenvalue weighted by molar-refractivity contribution is 6.25. The Hall–Kier alpha value is -2.70. The van der Waals surface area contributed by atoms with Crippen LogP contribution in [-0.2, 0) is 9.59 Å². The monoisotopic (exact) mass is 277 g/mol.